The molecule has 1 rings (SSSR count). The van der Waals surface area contributed by atoms with E-state index in [0.29, 0.717) is 50.9 Å². The Morgan fingerprint density at radius 3 is 1.52 bits per heavy atom. The average molecular weight is 818 g/mol. The van der Waals surface area contributed by atoms with E-state index < -0.39 is 6.10 Å². The van der Waals surface area contributed by atoms with Gasteiger partial charge in [-0.3, -0.25) is 14.5 Å². The first-order valence-electron chi connectivity index (χ1n) is 25.0. The zero-order chi connectivity index (χ0) is 42.3. The first-order chi connectivity index (χ1) is 28.3. The van der Waals surface area contributed by atoms with Crippen molar-refractivity contribution in [2.24, 2.45) is 11.8 Å². The SMILES string of the molecule is CCCCCCCC(CCCCC)CCOC(=O)CCCCCCN(CCn1cnc(C)c1)CC(O)CCCCC(=O)OCCC(CCCCC)CCCCCCC. The molecule has 0 aliphatic heterocycles. The molecule has 3 atom stereocenters. The lowest BCUT2D eigenvalue weighted by Crippen LogP contribution is -2.35. The molecule has 0 radical (unpaired) electrons. The first-order valence-corrected chi connectivity index (χ1v) is 25.0. The Kier molecular flexibility index (Phi) is 36.6. The van der Waals surface area contributed by atoms with Crippen molar-refractivity contribution in [3.05, 3.63) is 18.2 Å². The normalized spacial score (nSPS) is 13.2. The number of aromatic nitrogens is 2. The number of aliphatic hydroxyl groups excluding tert-OH is 1. The molecule has 0 saturated carbocycles. The number of esters is 2. The maximum atomic E-state index is 12.5. The van der Waals surface area contributed by atoms with Gasteiger partial charge < -0.3 is 19.1 Å². The molecule has 0 spiro atoms. The van der Waals surface area contributed by atoms with Crippen molar-refractivity contribution >= 4 is 11.9 Å². The van der Waals surface area contributed by atoms with Gasteiger partial charge in [0.1, 0.15) is 0 Å². The van der Waals surface area contributed by atoms with E-state index in [4.69, 9.17) is 9.47 Å². The number of hydrogen-bond acceptors (Lipinski definition) is 7. The van der Waals surface area contributed by atoms with Gasteiger partial charge in [0.25, 0.3) is 0 Å². The van der Waals surface area contributed by atoms with E-state index in [-0.39, 0.29) is 11.9 Å². The molecule has 8 heteroatoms. The topological polar surface area (TPSA) is 93.9 Å². The molecule has 0 amide bonds. The molecule has 0 bridgehead atoms. The van der Waals surface area contributed by atoms with Gasteiger partial charge in [-0.05, 0) is 63.8 Å². The van der Waals surface area contributed by atoms with Gasteiger partial charge in [-0.25, -0.2) is 4.98 Å². The van der Waals surface area contributed by atoms with E-state index >= 15 is 0 Å². The highest BCUT2D eigenvalue weighted by molar-refractivity contribution is 5.69. The summed E-state index contributed by atoms with van der Waals surface area (Å²) in [7, 11) is 0. The van der Waals surface area contributed by atoms with Crippen LogP contribution in [0.1, 0.15) is 232 Å². The largest absolute Gasteiger partial charge is 0.466 e. The molecule has 1 aromatic heterocycles. The molecule has 58 heavy (non-hydrogen) atoms. The van der Waals surface area contributed by atoms with Gasteiger partial charge in [0.05, 0.1) is 31.3 Å². The summed E-state index contributed by atoms with van der Waals surface area (Å²) in [5.41, 5.74) is 1.01. The fraction of sp³-hybridized carbons (Fsp3) is 0.900. The molecular formula is C50H95N3O5. The minimum absolute atomic E-state index is 0.0427. The Labute approximate surface area is 358 Å². The number of carbonyl (C=O) groups is 2. The van der Waals surface area contributed by atoms with Gasteiger partial charge in [-0.15, -0.1) is 0 Å². The molecule has 0 saturated heterocycles. The molecule has 0 aliphatic carbocycles. The van der Waals surface area contributed by atoms with Gasteiger partial charge in [0.15, 0.2) is 0 Å². The van der Waals surface area contributed by atoms with Crippen molar-refractivity contribution in [2.45, 2.75) is 246 Å². The van der Waals surface area contributed by atoms with Crippen molar-refractivity contribution in [1.29, 1.82) is 0 Å². The summed E-state index contributed by atoms with van der Waals surface area (Å²) >= 11 is 0. The highest BCUT2D eigenvalue weighted by atomic mass is 16.5. The molecule has 8 nitrogen and oxygen atoms in total. The lowest BCUT2D eigenvalue weighted by molar-refractivity contribution is -0.145. The number of unbranched alkanes of at least 4 members (excludes halogenated alkanes) is 16. The molecule has 1 aromatic rings. The zero-order valence-corrected chi connectivity index (χ0v) is 39.0. The highest BCUT2D eigenvalue weighted by Crippen LogP contribution is 2.23. The van der Waals surface area contributed by atoms with Crippen LogP contribution in [-0.2, 0) is 25.6 Å². The number of carbonyl (C=O) groups excluding carboxylic acids is 2. The van der Waals surface area contributed by atoms with E-state index in [1.165, 1.54) is 128 Å². The zero-order valence-electron chi connectivity index (χ0n) is 39.0. The van der Waals surface area contributed by atoms with E-state index in [0.717, 1.165) is 76.7 Å². The van der Waals surface area contributed by atoms with Crippen molar-refractivity contribution in [3.8, 4) is 0 Å². The average Bonchev–Trinajstić information content (AvgIpc) is 3.63. The Morgan fingerprint density at radius 2 is 1.02 bits per heavy atom. The first kappa shape index (κ1) is 54.1. The van der Waals surface area contributed by atoms with Crippen LogP contribution >= 0.6 is 0 Å². The summed E-state index contributed by atoms with van der Waals surface area (Å²) in [6.07, 6.45) is 38.6. The third-order valence-electron chi connectivity index (χ3n) is 12.1. The number of rotatable bonds is 43. The summed E-state index contributed by atoms with van der Waals surface area (Å²) in [5.74, 6) is 1.22. The summed E-state index contributed by atoms with van der Waals surface area (Å²) < 4.78 is 13.5. The van der Waals surface area contributed by atoms with Gasteiger partial charge in [0.2, 0.25) is 0 Å². The third-order valence-corrected chi connectivity index (χ3v) is 12.1. The van der Waals surface area contributed by atoms with Crippen LogP contribution in [0, 0.1) is 18.8 Å². The standard InChI is InChI=1S/C50H95N3O5/c1-6-10-14-16-22-30-46(28-20-12-8-3)35-40-57-49(55)33-24-18-19-27-37-52(38-39-53-42-45(5)51-44-53)43-48(54)32-25-26-34-50(56)58-41-36-47(29-21-13-9-4)31-23-17-15-11-7-2/h42,44,46-48,54H,6-41,43H2,1-5H3. The van der Waals surface area contributed by atoms with Crippen LogP contribution in [0.5, 0.6) is 0 Å². The van der Waals surface area contributed by atoms with Crippen molar-refractivity contribution in [2.75, 3.05) is 32.8 Å². The second-order valence-electron chi connectivity index (χ2n) is 17.8. The Balaban J connectivity index is 2.36. The second-order valence-corrected chi connectivity index (χ2v) is 17.8. The van der Waals surface area contributed by atoms with Crippen LogP contribution in [0.2, 0.25) is 0 Å². The summed E-state index contributed by atoms with van der Waals surface area (Å²) in [4.78, 5) is 31.8. The van der Waals surface area contributed by atoms with Crippen molar-refractivity contribution in [3.63, 3.8) is 0 Å². The third kappa shape index (κ3) is 32.9. The lowest BCUT2D eigenvalue weighted by atomic mass is 9.92. The summed E-state index contributed by atoms with van der Waals surface area (Å²) in [5, 5.41) is 11.0. The Bertz CT molecular complexity index is 1060. The van der Waals surface area contributed by atoms with E-state index in [9.17, 15) is 14.7 Å². The lowest BCUT2D eigenvalue weighted by Gasteiger charge is -2.25. The summed E-state index contributed by atoms with van der Waals surface area (Å²) in [6.45, 7) is 15.4. The molecule has 0 fully saturated rings. The molecule has 3 unspecified atom stereocenters. The minimum Gasteiger partial charge on any atom is -0.466 e. The van der Waals surface area contributed by atoms with Gasteiger partial charge in [-0.1, -0.05) is 175 Å². The van der Waals surface area contributed by atoms with Crippen molar-refractivity contribution in [1.82, 2.24) is 14.5 Å². The van der Waals surface area contributed by atoms with E-state index in [1.807, 2.05) is 13.3 Å². The van der Waals surface area contributed by atoms with Gasteiger partial charge >= 0.3 is 11.9 Å². The Hall–Kier alpha value is -1.93. The van der Waals surface area contributed by atoms with Crippen LogP contribution in [0.15, 0.2) is 12.5 Å². The summed E-state index contributed by atoms with van der Waals surface area (Å²) in [6, 6.07) is 0. The van der Waals surface area contributed by atoms with Crippen LogP contribution in [0.25, 0.3) is 0 Å². The van der Waals surface area contributed by atoms with Crippen molar-refractivity contribution < 1.29 is 24.2 Å². The molecule has 340 valence electrons. The number of nitrogens with zero attached hydrogens (tertiary/aromatic N) is 3. The van der Waals surface area contributed by atoms with Crippen LogP contribution in [0.4, 0.5) is 0 Å². The van der Waals surface area contributed by atoms with E-state index in [2.05, 4.69) is 48.3 Å². The number of aryl methyl sites for hydroxylation is 1. The van der Waals surface area contributed by atoms with Crippen LogP contribution < -0.4 is 0 Å². The molecular weight excluding hydrogens is 723 g/mol. The number of hydrogen-bond donors (Lipinski definition) is 1. The number of aliphatic hydroxyl groups is 1. The molecule has 1 heterocycles. The van der Waals surface area contributed by atoms with E-state index in [1.54, 1.807) is 0 Å². The fourth-order valence-corrected chi connectivity index (χ4v) is 8.27. The maximum absolute atomic E-state index is 12.5. The number of imidazole rings is 1. The van der Waals surface area contributed by atoms with Crippen LogP contribution in [0.3, 0.4) is 0 Å². The van der Waals surface area contributed by atoms with Gasteiger partial charge in [0, 0.05) is 38.7 Å². The quantitative estimate of drug-likeness (QED) is 0.0518. The smallest absolute Gasteiger partial charge is 0.305 e. The highest BCUT2D eigenvalue weighted by Gasteiger charge is 2.15. The number of ether oxygens (including phenoxy) is 2. The maximum Gasteiger partial charge on any atom is 0.305 e. The fourth-order valence-electron chi connectivity index (χ4n) is 8.27. The monoisotopic (exact) mass is 818 g/mol. The van der Waals surface area contributed by atoms with Crippen LogP contribution in [-0.4, -0.2) is 70.4 Å². The minimum atomic E-state index is -0.427. The second kappa shape index (κ2) is 39.2. The Morgan fingerprint density at radius 1 is 0.586 bits per heavy atom. The predicted molar refractivity (Wildman–Crippen MR) is 244 cm³/mol. The molecule has 0 aromatic carbocycles. The predicted octanol–water partition coefficient (Wildman–Crippen LogP) is 13.3. The molecule has 0 aliphatic rings. The van der Waals surface area contributed by atoms with Gasteiger partial charge in [-0.2, -0.15) is 0 Å². The molecule has 1 N–H and O–H groups in total.